The van der Waals surface area contributed by atoms with Gasteiger partial charge in [-0.05, 0) is 41.3 Å². The van der Waals surface area contributed by atoms with E-state index in [2.05, 4.69) is 36.7 Å². The third kappa shape index (κ3) is 5.58. The molecule has 0 heterocycles. The summed E-state index contributed by atoms with van der Waals surface area (Å²) in [6.45, 7) is 7.71. The molecule has 0 radical (unpaired) electrons. The van der Waals surface area contributed by atoms with Gasteiger partial charge in [0.2, 0.25) is 11.8 Å². The lowest BCUT2D eigenvalue weighted by Crippen LogP contribution is -2.22. The van der Waals surface area contributed by atoms with Crippen LogP contribution in [0.25, 0.3) is 0 Å². The van der Waals surface area contributed by atoms with Crippen LogP contribution >= 0.6 is 0 Å². The van der Waals surface area contributed by atoms with Crippen LogP contribution in [0.3, 0.4) is 0 Å². The molecule has 2 aromatic carbocycles. The second-order valence-corrected chi connectivity index (χ2v) is 7.10. The lowest BCUT2D eigenvalue weighted by molar-refractivity contribution is -0.115. The zero-order chi connectivity index (χ0) is 19.3. The first-order valence-corrected chi connectivity index (χ1v) is 8.36. The summed E-state index contributed by atoms with van der Waals surface area (Å²) in [4.78, 5) is 23.1. The summed E-state index contributed by atoms with van der Waals surface area (Å²) in [5, 5.41) is 8.12. The molecule has 2 aromatic rings. The topological polar surface area (TPSA) is 70.2 Å². The Morgan fingerprint density at radius 2 is 1.58 bits per heavy atom. The summed E-state index contributed by atoms with van der Waals surface area (Å²) in [5.74, 6) is -1.12. The zero-order valence-electron chi connectivity index (χ0n) is 15.4. The second-order valence-electron chi connectivity index (χ2n) is 7.10. The van der Waals surface area contributed by atoms with E-state index in [1.807, 2.05) is 24.3 Å². The zero-order valence-corrected chi connectivity index (χ0v) is 15.4. The maximum absolute atomic E-state index is 13.6. The molecular weight excluding hydrogens is 333 g/mol. The molecular formula is C20H24FN3O2. The Kier molecular flexibility index (Phi) is 5.97. The van der Waals surface area contributed by atoms with Crippen molar-refractivity contribution < 1.29 is 14.0 Å². The molecule has 0 unspecified atom stereocenters. The molecule has 0 bridgehead atoms. The molecule has 0 aliphatic rings. The van der Waals surface area contributed by atoms with Crippen molar-refractivity contribution in [3.8, 4) is 0 Å². The number of carbonyl (C=O) groups excluding carboxylic acids is 2. The lowest BCUT2D eigenvalue weighted by atomic mass is 9.87. The summed E-state index contributed by atoms with van der Waals surface area (Å²) in [6.07, 6.45) is 0. The van der Waals surface area contributed by atoms with Crippen LogP contribution in [0.15, 0.2) is 42.5 Å². The number of anilines is 3. The van der Waals surface area contributed by atoms with Gasteiger partial charge in [0, 0.05) is 18.3 Å². The minimum Gasteiger partial charge on any atom is -0.376 e. The number of halogens is 1. The number of rotatable bonds is 5. The number of carbonyl (C=O) groups is 2. The van der Waals surface area contributed by atoms with Crippen LogP contribution in [0.2, 0.25) is 0 Å². The third-order valence-electron chi connectivity index (χ3n) is 3.76. The summed E-state index contributed by atoms with van der Waals surface area (Å²) in [7, 11) is 0. The molecule has 138 valence electrons. The Balaban J connectivity index is 1.93. The van der Waals surface area contributed by atoms with E-state index in [4.69, 9.17) is 0 Å². The van der Waals surface area contributed by atoms with Crippen LogP contribution in [0.4, 0.5) is 21.5 Å². The van der Waals surface area contributed by atoms with Crippen LogP contribution < -0.4 is 16.0 Å². The van der Waals surface area contributed by atoms with Crippen molar-refractivity contribution in [1.82, 2.24) is 0 Å². The molecule has 0 aliphatic heterocycles. The number of benzene rings is 2. The summed E-state index contributed by atoms with van der Waals surface area (Å²) < 4.78 is 13.6. The van der Waals surface area contributed by atoms with Crippen molar-refractivity contribution in [3.05, 3.63) is 53.8 Å². The standard InChI is InChI=1S/C20H24FN3O2/c1-13(25)23-18-11-16(9-10-17(18)21)22-12-19(26)24-15-7-5-14(6-8-15)20(2,3)4/h5-11,22H,12H2,1-4H3,(H,23,25)(H,24,26). The molecule has 3 N–H and O–H groups in total. The molecule has 0 spiro atoms. The van der Waals surface area contributed by atoms with Gasteiger partial charge >= 0.3 is 0 Å². The Morgan fingerprint density at radius 1 is 0.962 bits per heavy atom. The number of amides is 2. The first kappa shape index (κ1) is 19.4. The number of hydrogen-bond acceptors (Lipinski definition) is 3. The van der Waals surface area contributed by atoms with Crippen molar-refractivity contribution in [2.45, 2.75) is 33.1 Å². The Labute approximate surface area is 153 Å². The highest BCUT2D eigenvalue weighted by molar-refractivity contribution is 5.94. The highest BCUT2D eigenvalue weighted by Crippen LogP contribution is 2.23. The van der Waals surface area contributed by atoms with Gasteiger partial charge in [-0.1, -0.05) is 32.9 Å². The summed E-state index contributed by atoms with van der Waals surface area (Å²) in [5.41, 5.74) is 2.56. The van der Waals surface area contributed by atoms with E-state index in [0.717, 1.165) is 0 Å². The molecule has 0 fully saturated rings. The van der Waals surface area contributed by atoms with Crippen LogP contribution in [0.5, 0.6) is 0 Å². The van der Waals surface area contributed by atoms with Crippen molar-refractivity contribution in [1.29, 1.82) is 0 Å². The fourth-order valence-corrected chi connectivity index (χ4v) is 2.36. The monoisotopic (exact) mass is 357 g/mol. The molecule has 0 aromatic heterocycles. The molecule has 2 amide bonds. The highest BCUT2D eigenvalue weighted by atomic mass is 19.1. The third-order valence-corrected chi connectivity index (χ3v) is 3.76. The smallest absolute Gasteiger partial charge is 0.243 e. The number of hydrogen-bond donors (Lipinski definition) is 3. The minimum absolute atomic E-state index is 0.0200. The first-order valence-electron chi connectivity index (χ1n) is 8.36. The van der Waals surface area contributed by atoms with Gasteiger partial charge in [0.25, 0.3) is 0 Å². The molecule has 0 atom stereocenters. The quantitative estimate of drug-likeness (QED) is 0.753. The van der Waals surface area contributed by atoms with Crippen LogP contribution in [-0.2, 0) is 15.0 Å². The fraction of sp³-hybridized carbons (Fsp3) is 0.300. The SMILES string of the molecule is CC(=O)Nc1cc(NCC(=O)Nc2ccc(C(C)(C)C)cc2)ccc1F. The molecule has 6 heteroatoms. The van der Waals surface area contributed by atoms with Gasteiger partial charge in [-0.25, -0.2) is 4.39 Å². The molecule has 0 saturated heterocycles. The van der Waals surface area contributed by atoms with Gasteiger partial charge < -0.3 is 16.0 Å². The van der Waals surface area contributed by atoms with Crippen molar-refractivity contribution >= 4 is 28.9 Å². The average molecular weight is 357 g/mol. The van der Waals surface area contributed by atoms with E-state index in [9.17, 15) is 14.0 Å². The van der Waals surface area contributed by atoms with E-state index >= 15 is 0 Å². The number of nitrogens with one attached hydrogen (secondary N) is 3. The second kappa shape index (κ2) is 7.99. The molecule has 0 saturated carbocycles. The fourth-order valence-electron chi connectivity index (χ4n) is 2.36. The Bertz CT molecular complexity index is 796. The maximum atomic E-state index is 13.6. The average Bonchev–Trinajstić information content (AvgIpc) is 2.55. The van der Waals surface area contributed by atoms with E-state index in [-0.39, 0.29) is 29.5 Å². The molecule has 26 heavy (non-hydrogen) atoms. The molecule has 5 nitrogen and oxygen atoms in total. The Hall–Kier alpha value is -2.89. The summed E-state index contributed by atoms with van der Waals surface area (Å²) in [6, 6.07) is 11.9. The normalized spacial score (nSPS) is 11.0. The van der Waals surface area contributed by atoms with E-state index in [1.54, 1.807) is 0 Å². The maximum Gasteiger partial charge on any atom is 0.243 e. The van der Waals surface area contributed by atoms with Gasteiger partial charge in [0.15, 0.2) is 0 Å². The largest absolute Gasteiger partial charge is 0.376 e. The van der Waals surface area contributed by atoms with Gasteiger partial charge in [-0.2, -0.15) is 0 Å². The lowest BCUT2D eigenvalue weighted by Gasteiger charge is -2.19. The van der Waals surface area contributed by atoms with Gasteiger partial charge in [-0.3, -0.25) is 9.59 Å². The van der Waals surface area contributed by atoms with E-state index in [0.29, 0.717) is 11.4 Å². The van der Waals surface area contributed by atoms with E-state index in [1.165, 1.54) is 30.7 Å². The minimum atomic E-state index is -0.533. The molecule has 0 aliphatic carbocycles. The summed E-state index contributed by atoms with van der Waals surface area (Å²) >= 11 is 0. The molecule has 2 rings (SSSR count). The van der Waals surface area contributed by atoms with Crippen LogP contribution in [0, 0.1) is 5.82 Å². The van der Waals surface area contributed by atoms with E-state index < -0.39 is 5.82 Å². The van der Waals surface area contributed by atoms with Crippen LogP contribution in [-0.4, -0.2) is 18.4 Å². The van der Waals surface area contributed by atoms with Gasteiger partial charge in [-0.15, -0.1) is 0 Å². The van der Waals surface area contributed by atoms with Gasteiger partial charge in [0.1, 0.15) is 5.82 Å². The Morgan fingerprint density at radius 3 is 2.15 bits per heavy atom. The predicted molar refractivity (Wildman–Crippen MR) is 103 cm³/mol. The van der Waals surface area contributed by atoms with Crippen molar-refractivity contribution in [3.63, 3.8) is 0 Å². The van der Waals surface area contributed by atoms with Gasteiger partial charge in [0.05, 0.1) is 12.2 Å². The van der Waals surface area contributed by atoms with Crippen molar-refractivity contribution in [2.24, 2.45) is 0 Å². The predicted octanol–water partition coefficient (Wildman–Crippen LogP) is 4.13. The highest BCUT2D eigenvalue weighted by Gasteiger charge is 2.13. The van der Waals surface area contributed by atoms with Crippen molar-refractivity contribution in [2.75, 3.05) is 22.5 Å². The first-order chi connectivity index (χ1) is 12.1. The van der Waals surface area contributed by atoms with Crippen LogP contribution in [0.1, 0.15) is 33.3 Å².